The maximum absolute atomic E-state index is 12.5. The molecule has 23 heavy (non-hydrogen) atoms. The van der Waals surface area contributed by atoms with Crippen LogP contribution >= 0.6 is 0 Å². The number of halogens is 3. The third kappa shape index (κ3) is 3.61. The van der Waals surface area contributed by atoms with E-state index in [1.165, 1.54) is 0 Å². The molecule has 1 amide bonds. The number of alkyl halides is 3. The Kier molecular flexibility index (Phi) is 3.93. The summed E-state index contributed by atoms with van der Waals surface area (Å²) in [6.45, 7) is 0.222. The van der Waals surface area contributed by atoms with Gasteiger partial charge in [-0.15, -0.1) is 0 Å². The fourth-order valence-electron chi connectivity index (χ4n) is 2.03. The first-order valence-electron chi connectivity index (χ1n) is 6.92. The highest BCUT2D eigenvalue weighted by atomic mass is 19.4. The minimum Gasteiger partial charge on any atom is -0.353 e. The topological polar surface area (TPSA) is 80.7 Å². The zero-order valence-corrected chi connectivity index (χ0v) is 11.8. The first-order valence-corrected chi connectivity index (χ1v) is 6.92. The molecule has 1 aliphatic rings. The van der Waals surface area contributed by atoms with Gasteiger partial charge in [0.25, 0.3) is 0 Å². The van der Waals surface area contributed by atoms with E-state index in [1.54, 1.807) is 6.07 Å². The van der Waals surface area contributed by atoms with E-state index in [9.17, 15) is 18.0 Å². The molecular weight excluding hydrogens is 311 g/mol. The van der Waals surface area contributed by atoms with Gasteiger partial charge in [0.2, 0.25) is 12.2 Å². The Bertz CT molecular complexity index is 713. The lowest BCUT2D eigenvalue weighted by atomic mass is 10.2. The maximum atomic E-state index is 12.5. The van der Waals surface area contributed by atoms with Crippen molar-refractivity contribution < 1.29 is 18.0 Å². The zero-order valence-electron chi connectivity index (χ0n) is 11.8. The molecule has 2 heterocycles. The van der Waals surface area contributed by atoms with E-state index in [1.807, 2.05) is 0 Å². The number of hydrogen-bond donors (Lipinski definition) is 1. The molecule has 120 valence electrons. The molecule has 9 heteroatoms. The Morgan fingerprint density at radius 2 is 1.91 bits per heavy atom. The quantitative estimate of drug-likeness (QED) is 0.852. The van der Waals surface area contributed by atoms with Crippen molar-refractivity contribution >= 4 is 6.41 Å². The van der Waals surface area contributed by atoms with Crippen LogP contribution in [0.2, 0.25) is 0 Å². The van der Waals surface area contributed by atoms with Gasteiger partial charge in [-0.2, -0.15) is 13.2 Å². The van der Waals surface area contributed by atoms with E-state index < -0.39 is 12.0 Å². The molecule has 2 aromatic heterocycles. The summed E-state index contributed by atoms with van der Waals surface area (Å²) in [5.41, 5.74) is 1.40. The number of carbonyl (C=O) groups excluding carboxylic acids is 1. The zero-order chi connectivity index (χ0) is 16.4. The second-order valence-electron chi connectivity index (χ2n) is 5.17. The van der Waals surface area contributed by atoms with E-state index in [4.69, 9.17) is 0 Å². The van der Waals surface area contributed by atoms with Crippen molar-refractivity contribution in [1.29, 1.82) is 0 Å². The summed E-state index contributed by atoms with van der Waals surface area (Å²) in [6.07, 6.45) is 0.112. The average Bonchev–Trinajstić information content (AvgIpc) is 3.37. The lowest BCUT2D eigenvalue weighted by Gasteiger charge is -2.08. The summed E-state index contributed by atoms with van der Waals surface area (Å²) in [5.74, 6) is -0.300. The van der Waals surface area contributed by atoms with Gasteiger partial charge in [-0.1, -0.05) is 0 Å². The van der Waals surface area contributed by atoms with Crippen LogP contribution in [-0.2, 0) is 17.5 Å². The first kappa shape index (κ1) is 15.3. The minimum atomic E-state index is -4.58. The van der Waals surface area contributed by atoms with Crippen molar-refractivity contribution in [3.05, 3.63) is 35.8 Å². The highest BCUT2D eigenvalue weighted by Crippen LogP contribution is 2.38. The van der Waals surface area contributed by atoms with Crippen LogP contribution in [0.3, 0.4) is 0 Å². The van der Waals surface area contributed by atoms with E-state index >= 15 is 0 Å². The standard InChI is InChI=1S/C14H12F3N5O/c15-14(16,17)13-19-4-9(5-20-13)11-3-10(6-18-7-23)21-12(22-11)8-1-2-8/h3-5,7-8H,1-2,6H2,(H,18,23). The Labute approximate surface area is 129 Å². The smallest absolute Gasteiger partial charge is 0.353 e. The summed E-state index contributed by atoms with van der Waals surface area (Å²) in [7, 11) is 0. The molecule has 3 rings (SSSR count). The van der Waals surface area contributed by atoms with Gasteiger partial charge < -0.3 is 5.32 Å². The lowest BCUT2D eigenvalue weighted by Crippen LogP contribution is -2.13. The monoisotopic (exact) mass is 323 g/mol. The Hall–Kier alpha value is -2.58. The average molecular weight is 323 g/mol. The third-order valence-electron chi connectivity index (χ3n) is 3.31. The highest BCUT2D eigenvalue weighted by Gasteiger charge is 2.34. The summed E-state index contributed by atoms with van der Waals surface area (Å²) in [6, 6.07) is 1.61. The molecular formula is C14H12F3N5O. The normalized spacial score (nSPS) is 14.6. The third-order valence-corrected chi connectivity index (χ3v) is 3.31. The van der Waals surface area contributed by atoms with Crippen molar-refractivity contribution in [2.75, 3.05) is 0 Å². The fourth-order valence-corrected chi connectivity index (χ4v) is 2.03. The predicted octanol–water partition coefficient (Wildman–Crippen LogP) is 2.08. The van der Waals surface area contributed by atoms with Crippen LogP contribution in [0.15, 0.2) is 18.5 Å². The molecule has 0 radical (unpaired) electrons. The number of nitrogens with zero attached hydrogens (tertiary/aromatic N) is 4. The first-order chi connectivity index (χ1) is 11.0. The molecule has 1 aliphatic carbocycles. The van der Waals surface area contributed by atoms with Crippen molar-refractivity contribution in [2.24, 2.45) is 0 Å². The largest absolute Gasteiger partial charge is 0.451 e. The van der Waals surface area contributed by atoms with Gasteiger partial charge in [0.05, 0.1) is 17.9 Å². The van der Waals surface area contributed by atoms with Crippen LogP contribution in [-0.4, -0.2) is 26.3 Å². The lowest BCUT2D eigenvalue weighted by molar-refractivity contribution is -0.145. The molecule has 2 aromatic rings. The van der Waals surface area contributed by atoms with Crippen LogP contribution < -0.4 is 5.32 Å². The number of nitrogens with one attached hydrogen (secondary N) is 1. The predicted molar refractivity (Wildman–Crippen MR) is 72.9 cm³/mol. The fraction of sp³-hybridized carbons (Fsp3) is 0.357. The van der Waals surface area contributed by atoms with Crippen LogP contribution in [0.25, 0.3) is 11.3 Å². The molecule has 0 saturated heterocycles. The van der Waals surface area contributed by atoms with E-state index in [0.29, 0.717) is 29.2 Å². The van der Waals surface area contributed by atoms with E-state index in [-0.39, 0.29) is 12.5 Å². The molecule has 6 nitrogen and oxygen atoms in total. The highest BCUT2D eigenvalue weighted by molar-refractivity contribution is 5.57. The van der Waals surface area contributed by atoms with Gasteiger partial charge in [0, 0.05) is 23.9 Å². The summed E-state index contributed by atoms with van der Waals surface area (Å²) in [4.78, 5) is 25.8. The number of carbonyl (C=O) groups is 1. The van der Waals surface area contributed by atoms with Gasteiger partial charge in [0.1, 0.15) is 5.82 Å². The number of aromatic nitrogens is 4. The SMILES string of the molecule is O=CNCc1cc(-c2cnc(C(F)(F)F)nc2)nc(C2CC2)n1. The van der Waals surface area contributed by atoms with Crippen molar-refractivity contribution in [3.8, 4) is 11.3 Å². The maximum Gasteiger partial charge on any atom is 0.451 e. The van der Waals surface area contributed by atoms with Crippen LogP contribution in [0.4, 0.5) is 13.2 Å². The second kappa shape index (κ2) is 5.90. The summed E-state index contributed by atoms with van der Waals surface area (Å²) < 4.78 is 37.5. The number of hydrogen-bond acceptors (Lipinski definition) is 5. The van der Waals surface area contributed by atoms with Crippen molar-refractivity contribution in [3.63, 3.8) is 0 Å². The van der Waals surface area contributed by atoms with Gasteiger partial charge in [0.15, 0.2) is 0 Å². The minimum absolute atomic E-state index is 0.222. The van der Waals surface area contributed by atoms with Crippen molar-refractivity contribution in [1.82, 2.24) is 25.3 Å². The summed E-state index contributed by atoms with van der Waals surface area (Å²) >= 11 is 0. The van der Waals surface area contributed by atoms with Gasteiger partial charge >= 0.3 is 6.18 Å². The Morgan fingerprint density at radius 1 is 1.22 bits per heavy atom. The van der Waals surface area contributed by atoms with Crippen LogP contribution in [0.5, 0.6) is 0 Å². The van der Waals surface area contributed by atoms with Crippen LogP contribution in [0.1, 0.15) is 36.1 Å². The van der Waals surface area contributed by atoms with Gasteiger partial charge in [-0.25, -0.2) is 19.9 Å². The molecule has 0 aliphatic heterocycles. The Morgan fingerprint density at radius 3 is 2.48 bits per heavy atom. The molecule has 1 N–H and O–H groups in total. The van der Waals surface area contributed by atoms with Gasteiger partial charge in [-0.3, -0.25) is 4.79 Å². The van der Waals surface area contributed by atoms with E-state index in [2.05, 4.69) is 25.3 Å². The number of rotatable bonds is 5. The Balaban J connectivity index is 1.94. The molecule has 0 aromatic carbocycles. The van der Waals surface area contributed by atoms with Crippen molar-refractivity contribution in [2.45, 2.75) is 31.5 Å². The second-order valence-corrected chi connectivity index (χ2v) is 5.17. The summed E-state index contributed by atoms with van der Waals surface area (Å²) in [5, 5.41) is 2.51. The van der Waals surface area contributed by atoms with E-state index in [0.717, 1.165) is 25.2 Å². The number of amides is 1. The molecule has 1 saturated carbocycles. The molecule has 0 bridgehead atoms. The van der Waals surface area contributed by atoms with Gasteiger partial charge in [-0.05, 0) is 18.9 Å². The molecule has 0 spiro atoms. The molecule has 1 fully saturated rings. The molecule has 0 unspecified atom stereocenters. The van der Waals surface area contributed by atoms with Crippen LogP contribution in [0, 0.1) is 0 Å². The molecule has 0 atom stereocenters.